The van der Waals surface area contributed by atoms with Gasteiger partial charge in [-0.25, -0.2) is 0 Å². The Balaban J connectivity index is 1.56. The van der Waals surface area contributed by atoms with E-state index in [9.17, 15) is 0 Å². The Morgan fingerprint density at radius 1 is 1.20 bits per heavy atom. The van der Waals surface area contributed by atoms with E-state index in [4.69, 9.17) is 9.26 Å². The van der Waals surface area contributed by atoms with Gasteiger partial charge in [0.25, 0.3) is 0 Å². The van der Waals surface area contributed by atoms with Gasteiger partial charge in [-0.05, 0) is 31.2 Å². The molecule has 1 atom stereocenters. The number of nitrogens with zero attached hydrogens (tertiary/aromatic N) is 2. The molecule has 1 saturated carbocycles. The van der Waals surface area contributed by atoms with Crippen molar-refractivity contribution in [1.82, 2.24) is 10.1 Å². The molecule has 1 saturated heterocycles. The maximum atomic E-state index is 5.63. The number of benzene rings is 1. The zero-order chi connectivity index (χ0) is 13.4. The van der Waals surface area contributed by atoms with Crippen LogP contribution in [0.15, 0.2) is 34.9 Å². The molecule has 2 aliphatic rings. The highest BCUT2D eigenvalue weighted by atomic mass is 16.5. The van der Waals surface area contributed by atoms with Gasteiger partial charge in [0.05, 0.1) is 11.5 Å². The van der Waals surface area contributed by atoms with Crippen LogP contribution >= 0.6 is 0 Å². The fourth-order valence-electron chi connectivity index (χ4n) is 3.05. The van der Waals surface area contributed by atoms with Crippen molar-refractivity contribution in [2.75, 3.05) is 6.61 Å². The molecule has 0 bridgehead atoms. The molecule has 2 heterocycles. The summed E-state index contributed by atoms with van der Waals surface area (Å²) in [5.41, 5.74) is 1.26. The molecular weight excluding hydrogens is 252 g/mol. The molecule has 1 aromatic carbocycles. The average Bonchev–Trinajstić information content (AvgIpc) is 2.91. The van der Waals surface area contributed by atoms with E-state index in [1.165, 1.54) is 5.56 Å². The van der Waals surface area contributed by atoms with Gasteiger partial charge < -0.3 is 9.26 Å². The third kappa shape index (κ3) is 2.04. The summed E-state index contributed by atoms with van der Waals surface area (Å²) in [5.74, 6) is 1.56. The molecule has 0 N–H and O–H groups in total. The lowest BCUT2D eigenvalue weighted by Crippen LogP contribution is -2.11. The summed E-state index contributed by atoms with van der Waals surface area (Å²) < 4.78 is 11.2. The minimum atomic E-state index is -0.0248. The van der Waals surface area contributed by atoms with Crippen molar-refractivity contribution in [3.05, 3.63) is 47.6 Å². The molecule has 0 radical (unpaired) electrons. The molecule has 4 nitrogen and oxygen atoms in total. The number of ether oxygens (including phenoxy) is 1. The Morgan fingerprint density at radius 3 is 2.75 bits per heavy atom. The maximum absolute atomic E-state index is 5.63. The van der Waals surface area contributed by atoms with Gasteiger partial charge in [-0.15, -0.1) is 0 Å². The molecule has 1 aromatic heterocycles. The SMILES string of the molecule is c1ccc(C2(c3nc(CC4CCCO4)no3)CC2)cc1. The number of aromatic nitrogens is 2. The predicted molar refractivity (Wildman–Crippen MR) is 73.4 cm³/mol. The van der Waals surface area contributed by atoms with Crippen LogP contribution in [0.4, 0.5) is 0 Å². The number of hydrogen-bond acceptors (Lipinski definition) is 4. The van der Waals surface area contributed by atoms with E-state index in [2.05, 4.69) is 34.4 Å². The Bertz CT molecular complexity index is 584. The molecule has 1 aliphatic carbocycles. The molecule has 1 aliphatic heterocycles. The van der Waals surface area contributed by atoms with Gasteiger partial charge in [0.2, 0.25) is 5.89 Å². The van der Waals surface area contributed by atoms with Crippen LogP contribution in [-0.2, 0) is 16.6 Å². The topological polar surface area (TPSA) is 48.2 Å². The maximum Gasteiger partial charge on any atom is 0.237 e. The van der Waals surface area contributed by atoms with E-state index in [1.54, 1.807) is 0 Å². The second-order valence-corrected chi connectivity index (χ2v) is 5.80. The lowest BCUT2D eigenvalue weighted by molar-refractivity contribution is 0.109. The van der Waals surface area contributed by atoms with Crippen LogP contribution in [-0.4, -0.2) is 22.9 Å². The molecule has 20 heavy (non-hydrogen) atoms. The van der Waals surface area contributed by atoms with Gasteiger partial charge in [0.1, 0.15) is 0 Å². The average molecular weight is 270 g/mol. The van der Waals surface area contributed by atoms with Crippen LogP contribution in [0.2, 0.25) is 0 Å². The highest BCUT2D eigenvalue weighted by molar-refractivity contribution is 5.37. The first-order chi connectivity index (χ1) is 9.87. The highest BCUT2D eigenvalue weighted by Gasteiger charge is 2.50. The summed E-state index contributed by atoms with van der Waals surface area (Å²) in [7, 11) is 0. The summed E-state index contributed by atoms with van der Waals surface area (Å²) in [6.45, 7) is 0.864. The monoisotopic (exact) mass is 270 g/mol. The van der Waals surface area contributed by atoms with Crippen molar-refractivity contribution in [2.24, 2.45) is 0 Å². The van der Waals surface area contributed by atoms with Crippen molar-refractivity contribution in [1.29, 1.82) is 0 Å². The Labute approximate surface area is 118 Å². The third-order valence-electron chi connectivity index (χ3n) is 4.39. The quantitative estimate of drug-likeness (QED) is 0.857. The molecule has 104 valence electrons. The van der Waals surface area contributed by atoms with E-state index >= 15 is 0 Å². The number of rotatable bonds is 4. The molecule has 0 amide bonds. The van der Waals surface area contributed by atoms with Gasteiger partial charge in [0.15, 0.2) is 5.82 Å². The van der Waals surface area contributed by atoms with Crippen LogP contribution in [0.5, 0.6) is 0 Å². The van der Waals surface area contributed by atoms with E-state index in [-0.39, 0.29) is 11.5 Å². The van der Waals surface area contributed by atoms with Crippen LogP contribution in [0.25, 0.3) is 0 Å². The number of hydrogen-bond donors (Lipinski definition) is 0. The Hall–Kier alpha value is -1.68. The van der Waals surface area contributed by atoms with E-state index in [1.807, 2.05) is 6.07 Å². The first kappa shape index (κ1) is 12.1. The smallest absolute Gasteiger partial charge is 0.237 e. The highest BCUT2D eigenvalue weighted by Crippen LogP contribution is 2.52. The zero-order valence-corrected chi connectivity index (χ0v) is 11.4. The Kier molecular flexibility index (Phi) is 2.84. The fraction of sp³-hybridized carbons (Fsp3) is 0.500. The van der Waals surface area contributed by atoms with Crippen molar-refractivity contribution >= 4 is 0 Å². The fourth-order valence-corrected chi connectivity index (χ4v) is 3.05. The minimum absolute atomic E-state index is 0.0248. The van der Waals surface area contributed by atoms with Crippen molar-refractivity contribution in [3.8, 4) is 0 Å². The molecule has 2 aromatic rings. The summed E-state index contributed by atoms with van der Waals surface area (Å²) in [6, 6.07) is 10.5. The van der Waals surface area contributed by atoms with Gasteiger partial charge in [-0.2, -0.15) is 4.98 Å². The predicted octanol–water partition coefficient (Wildman–Crippen LogP) is 2.87. The van der Waals surface area contributed by atoms with Crippen LogP contribution in [0.1, 0.15) is 43.0 Å². The standard InChI is InChI=1S/C16H18N2O2/c1-2-5-12(6-3-1)16(8-9-16)15-17-14(18-20-15)11-13-7-4-10-19-13/h1-3,5-6,13H,4,7-11H2. The minimum Gasteiger partial charge on any atom is -0.378 e. The molecule has 1 unspecified atom stereocenters. The van der Waals surface area contributed by atoms with E-state index < -0.39 is 0 Å². The van der Waals surface area contributed by atoms with E-state index in [0.29, 0.717) is 0 Å². The van der Waals surface area contributed by atoms with Crippen molar-refractivity contribution in [2.45, 2.75) is 43.6 Å². The van der Waals surface area contributed by atoms with Gasteiger partial charge in [-0.3, -0.25) is 0 Å². The van der Waals surface area contributed by atoms with Crippen LogP contribution in [0, 0.1) is 0 Å². The molecule has 4 rings (SSSR count). The van der Waals surface area contributed by atoms with Crippen LogP contribution < -0.4 is 0 Å². The Morgan fingerprint density at radius 2 is 2.05 bits per heavy atom. The zero-order valence-electron chi connectivity index (χ0n) is 11.4. The first-order valence-corrected chi connectivity index (χ1v) is 7.37. The summed E-state index contributed by atoms with van der Waals surface area (Å²) in [5, 5.41) is 4.15. The second kappa shape index (κ2) is 4.70. The van der Waals surface area contributed by atoms with Gasteiger partial charge in [-0.1, -0.05) is 35.5 Å². The normalized spacial score (nSPS) is 23.9. The summed E-state index contributed by atoms with van der Waals surface area (Å²) in [4.78, 5) is 4.63. The van der Waals surface area contributed by atoms with Gasteiger partial charge in [0, 0.05) is 13.0 Å². The summed E-state index contributed by atoms with van der Waals surface area (Å²) >= 11 is 0. The molecule has 4 heteroatoms. The van der Waals surface area contributed by atoms with E-state index in [0.717, 1.165) is 50.4 Å². The van der Waals surface area contributed by atoms with Crippen molar-refractivity contribution in [3.63, 3.8) is 0 Å². The summed E-state index contributed by atoms with van der Waals surface area (Å²) in [6.07, 6.45) is 5.48. The van der Waals surface area contributed by atoms with Crippen molar-refractivity contribution < 1.29 is 9.26 Å². The second-order valence-electron chi connectivity index (χ2n) is 5.80. The lowest BCUT2D eigenvalue weighted by atomic mass is 9.96. The lowest BCUT2D eigenvalue weighted by Gasteiger charge is -2.09. The third-order valence-corrected chi connectivity index (χ3v) is 4.39. The van der Waals surface area contributed by atoms with Crippen LogP contribution in [0.3, 0.4) is 0 Å². The molecular formula is C16H18N2O2. The molecule has 2 fully saturated rings. The first-order valence-electron chi connectivity index (χ1n) is 7.37. The van der Waals surface area contributed by atoms with Gasteiger partial charge >= 0.3 is 0 Å². The molecule has 0 spiro atoms. The largest absolute Gasteiger partial charge is 0.378 e.